The Balaban J connectivity index is 1.70. The van der Waals surface area contributed by atoms with Crippen LogP contribution < -0.4 is 9.62 Å². The number of amides is 1. The van der Waals surface area contributed by atoms with E-state index < -0.39 is 10.0 Å². The van der Waals surface area contributed by atoms with Gasteiger partial charge in [-0.2, -0.15) is 5.10 Å². The first kappa shape index (κ1) is 16.5. The highest BCUT2D eigenvalue weighted by molar-refractivity contribution is 7.93. The van der Waals surface area contributed by atoms with Crippen LogP contribution in [0, 0.1) is 0 Å². The van der Waals surface area contributed by atoms with Crippen LogP contribution in [0.15, 0.2) is 42.7 Å². The van der Waals surface area contributed by atoms with Crippen LogP contribution in [-0.2, 0) is 16.6 Å². The van der Waals surface area contributed by atoms with E-state index in [0.29, 0.717) is 30.8 Å². The van der Waals surface area contributed by atoms with Gasteiger partial charge in [-0.1, -0.05) is 6.07 Å². The van der Waals surface area contributed by atoms with E-state index in [1.807, 2.05) is 19.2 Å². The number of anilines is 1. The highest BCUT2D eigenvalue weighted by atomic mass is 32.2. The molecule has 1 fully saturated rings. The minimum atomic E-state index is -3.25. The van der Waals surface area contributed by atoms with Crippen molar-refractivity contribution < 1.29 is 13.2 Å². The summed E-state index contributed by atoms with van der Waals surface area (Å²) in [6.07, 6.45) is 4.13. The van der Waals surface area contributed by atoms with Crippen LogP contribution in [0.4, 0.5) is 5.69 Å². The zero-order chi connectivity index (χ0) is 17.2. The lowest BCUT2D eigenvalue weighted by Gasteiger charge is -2.18. The van der Waals surface area contributed by atoms with E-state index in [2.05, 4.69) is 10.4 Å². The molecule has 0 radical (unpaired) electrons. The molecule has 1 aromatic carbocycles. The lowest BCUT2D eigenvalue weighted by molar-refractivity contribution is 0.0936. The Kier molecular flexibility index (Phi) is 4.57. The van der Waals surface area contributed by atoms with Crippen molar-refractivity contribution in [2.45, 2.75) is 25.9 Å². The van der Waals surface area contributed by atoms with Gasteiger partial charge in [0, 0.05) is 30.5 Å². The molecule has 1 amide bonds. The Morgan fingerprint density at radius 2 is 2.21 bits per heavy atom. The third-order valence-electron chi connectivity index (χ3n) is 3.89. The molecule has 0 unspecified atom stereocenters. The largest absolute Gasteiger partial charge is 0.348 e. The van der Waals surface area contributed by atoms with Crippen molar-refractivity contribution in [1.29, 1.82) is 0 Å². The Bertz CT molecular complexity index is 818. The molecule has 1 saturated heterocycles. The molecule has 7 nitrogen and oxygen atoms in total. The summed E-state index contributed by atoms with van der Waals surface area (Å²) in [5, 5.41) is 7.02. The van der Waals surface area contributed by atoms with Gasteiger partial charge >= 0.3 is 0 Å². The van der Waals surface area contributed by atoms with Crippen molar-refractivity contribution in [3.63, 3.8) is 0 Å². The number of nitrogens with zero attached hydrogens (tertiary/aromatic N) is 3. The van der Waals surface area contributed by atoms with Gasteiger partial charge in [0.2, 0.25) is 10.0 Å². The standard InChI is InChI=1S/C16H20N4O3S/c1-13(12-19-8-3-7-17-19)18-16(21)14-5-2-6-15(11-14)20-9-4-10-24(20,22)23/h2-3,5-8,11,13H,4,9-10,12H2,1H3,(H,18,21)/t13-/m1/s1. The van der Waals surface area contributed by atoms with Crippen LogP contribution in [0.5, 0.6) is 0 Å². The van der Waals surface area contributed by atoms with E-state index in [-0.39, 0.29) is 17.7 Å². The Labute approximate surface area is 141 Å². The number of carbonyl (C=O) groups excluding carboxylic acids is 1. The smallest absolute Gasteiger partial charge is 0.251 e. The van der Waals surface area contributed by atoms with Crippen molar-refractivity contribution in [3.05, 3.63) is 48.3 Å². The maximum atomic E-state index is 12.4. The predicted molar refractivity (Wildman–Crippen MR) is 91.3 cm³/mol. The molecule has 1 aliphatic heterocycles. The highest BCUT2D eigenvalue weighted by Crippen LogP contribution is 2.24. The molecule has 1 N–H and O–H groups in total. The quantitative estimate of drug-likeness (QED) is 0.881. The minimum Gasteiger partial charge on any atom is -0.348 e. The molecule has 1 aliphatic rings. The lowest BCUT2D eigenvalue weighted by Crippen LogP contribution is -2.36. The normalized spacial score (nSPS) is 17.6. The number of sulfonamides is 1. The van der Waals surface area contributed by atoms with Crippen LogP contribution in [0.25, 0.3) is 0 Å². The molecule has 128 valence electrons. The predicted octanol–water partition coefficient (Wildman–Crippen LogP) is 1.24. The van der Waals surface area contributed by atoms with Crippen LogP contribution in [0.3, 0.4) is 0 Å². The van der Waals surface area contributed by atoms with Gasteiger partial charge in [-0.15, -0.1) is 0 Å². The number of hydrogen-bond acceptors (Lipinski definition) is 4. The molecule has 1 atom stereocenters. The van der Waals surface area contributed by atoms with Crippen molar-refractivity contribution in [2.75, 3.05) is 16.6 Å². The molecule has 0 spiro atoms. The number of aromatic nitrogens is 2. The van der Waals surface area contributed by atoms with E-state index in [4.69, 9.17) is 0 Å². The number of rotatable bonds is 5. The van der Waals surface area contributed by atoms with Gasteiger partial charge in [0.15, 0.2) is 0 Å². The van der Waals surface area contributed by atoms with Crippen LogP contribution in [0.1, 0.15) is 23.7 Å². The fourth-order valence-electron chi connectivity index (χ4n) is 2.77. The van der Waals surface area contributed by atoms with Crippen LogP contribution >= 0.6 is 0 Å². The van der Waals surface area contributed by atoms with E-state index in [0.717, 1.165) is 0 Å². The molecular formula is C16H20N4O3S. The summed E-state index contributed by atoms with van der Waals surface area (Å²) < 4.78 is 27.1. The first-order chi connectivity index (χ1) is 11.5. The van der Waals surface area contributed by atoms with Gasteiger partial charge in [0.05, 0.1) is 18.0 Å². The van der Waals surface area contributed by atoms with Gasteiger partial charge in [0.25, 0.3) is 5.91 Å². The summed E-state index contributed by atoms with van der Waals surface area (Å²) >= 11 is 0. The number of carbonyl (C=O) groups is 1. The third-order valence-corrected chi connectivity index (χ3v) is 5.76. The topological polar surface area (TPSA) is 84.3 Å². The highest BCUT2D eigenvalue weighted by Gasteiger charge is 2.28. The van der Waals surface area contributed by atoms with E-state index >= 15 is 0 Å². The second-order valence-corrected chi connectivity index (χ2v) is 7.91. The molecule has 1 aromatic heterocycles. The van der Waals surface area contributed by atoms with Crippen molar-refractivity contribution in [1.82, 2.24) is 15.1 Å². The fourth-order valence-corrected chi connectivity index (χ4v) is 4.33. The molecule has 0 saturated carbocycles. The molecule has 24 heavy (non-hydrogen) atoms. The average Bonchev–Trinajstić information content (AvgIpc) is 3.16. The molecule has 0 aliphatic carbocycles. The zero-order valence-electron chi connectivity index (χ0n) is 13.4. The van der Waals surface area contributed by atoms with Gasteiger partial charge in [-0.05, 0) is 37.6 Å². The Morgan fingerprint density at radius 3 is 2.88 bits per heavy atom. The summed E-state index contributed by atoms with van der Waals surface area (Å²) in [4.78, 5) is 12.4. The van der Waals surface area contributed by atoms with Crippen molar-refractivity contribution in [2.24, 2.45) is 0 Å². The Morgan fingerprint density at radius 1 is 1.38 bits per heavy atom. The molecular weight excluding hydrogens is 328 g/mol. The Hall–Kier alpha value is -2.35. The van der Waals surface area contributed by atoms with Crippen LogP contribution in [0.2, 0.25) is 0 Å². The maximum absolute atomic E-state index is 12.4. The fraction of sp³-hybridized carbons (Fsp3) is 0.375. The van der Waals surface area contributed by atoms with Gasteiger partial charge in [0.1, 0.15) is 0 Å². The van der Waals surface area contributed by atoms with Crippen LogP contribution in [-0.4, -0.2) is 42.4 Å². The first-order valence-electron chi connectivity index (χ1n) is 7.84. The van der Waals surface area contributed by atoms with Gasteiger partial charge in [-0.25, -0.2) is 8.42 Å². The molecule has 2 heterocycles. The second-order valence-electron chi connectivity index (χ2n) is 5.89. The number of benzene rings is 1. The SMILES string of the molecule is C[C@H](Cn1cccn1)NC(=O)c1cccc(N2CCCS2(=O)=O)c1. The molecule has 0 bridgehead atoms. The molecule has 3 rings (SSSR count). The van der Waals surface area contributed by atoms with Gasteiger partial charge in [-0.3, -0.25) is 13.8 Å². The number of nitrogens with one attached hydrogen (secondary N) is 1. The third kappa shape index (κ3) is 3.59. The first-order valence-corrected chi connectivity index (χ1v) is 9.45. The summed E-state index contributed by atoms with van der Waals surface area (Å²) in [6.45, 7) is 2.93. The van der Waals surface area contributed by atoms with Crippen molar-refractivity contribution >= 4 is 21.6 Å². The molecule has 8 heteroatoms. The summed E-state index contributed by atoms with van der Waals surface area (Å²) in [6, 6.07) is 8.45. The number of hydrogen-bond donors (Lipinski definition) is 1. The summed E-state index contributed by atoms with van der Waals surface area (Å²) in [7, 11) is -3.25. The van der Waals surface area contributed by atoms with Gasteiger partial charge < -0.3 is 5.32 Å². The van der Waals surface area contributed by atoms with E-state index in [1.54, 1.807) is 35.1 Å². The molecule has 2 aromatic rings. The van der Waals surface area contributed by atoms with Crippen molar-refractivity contribution in [3.8, 4) is 0 Å². The monoisotopic (exact) mass is 348 g/mol. The zero-order valence-corrected chi connectivity index (χ0v) is 14.2. The summed E-state index contributed by atoms with van der Waals surface area (Å²) in [5.74, 6) is -0.0715. The van der Waals surface area contributed by atoms with E-state index in [1.165, 1.54) is 4.31 Å². The summed E-state index contributed by atoms with van der Waals surface area (Å²) in [5.41, 5.74) is 0.988. The minimum absolute atomic E-state index is 0.100. The van der Waals surface area contributed by atoms with E-state index in [9.17, 15) is 13.2 Å². The lowest BCUT2D eigenvalue weighted by atomic mass is 10.1. The maximum Gasteiger partial charge on any atom is 0.251 e. The average molecular weight is 348 g/mol. The second kappa shape index (κ2) is 6.64.